The molecule has 4 aromatic rings. The minimum atomic E-state index is 0. The lowest BCUT2D eigenvalue weighted by atomic mass is 10.0. The molecule has 3 N–H and O–H groups in total. The van der Waals surface area contributed by atoms with E-state index in [9.17, 15) is 0 Å². The van der Waals surface area contributed by atoms with Gasteiger partial charge >= 0.3 is 0 Å². The fourth-order valence-electron chi connectivity index (χ4n) is 2.67. The van der Waals surface area contributed by atoms with Crippen LogP contribution in [0, 0.1) is 0 Å². The standard InChI is InChI=1S/C18H16N4O.ClH/c19-8-7-17-21-15-6-5-14(11-16(15)22-17)12-1-3-13(4-2-12)18-20-9-10-23-18;/h1-6,9-11H,7-8,19H2,(H,21,22);1H. The van der Waals surface area contributed by atoms with Crippen LogP contribution in [0.15, 0.2) is 59.3 Å². The number of rotatable bonds is 4. The second-order valence-corrected chi connectivity index (χ2v) is 5.37. The number of hydrogen-bond donors (Lipinski definition) is 2. The Bertz CT molecular complexity index is 929. The number of nitrogens with two attached hydrogens (primary N) is 1. The van der Waals surface area contributed by atoms with Gasteiger partial charge < -0.3 is 15.1 Å². The lowest BCUT2D eigenvalue weighted by Gasteiger charge is -2.03. The van der Waals surface area contributed by atoms with E-state index in [-0.39, 0.29) is 12.4 Å². The van der Waals surface area contributed by atoms with Crippen LogP contribution in [0.5, 0.6) is 0 Å². The van der Waals surface area contributed by atoms with Crippen molar-refractivity contribution in [2.24, 2.45) is 5.73 Å². The quantitative estimate of drug-likeness (QED) is 0.592. The highest BCUT2D eigenvalue weighted by atomic mass is 35.5. The molecule has 0 spiro atoms. The van der Waals surface area contributed by atoms with Crippen LogP contribution < -0.4 is 5.73 Å². The maximum Gasteiger partial charge on any atom is 0.225 e. The summed E-state index contributed by atoms with van der Waals surface area (Å²) in [5.41, 5.74) is 10.8. The molecule has 5 nitrogen and oxygen atoms in total. The Morgan fingerprint density at radius 2 is 1.75 bits per heavy atom. The third kappa shape index (κ3) is 3.04. The number of nitrogens with zero attached hydrogens (tertiary/aromatic N) is 2. The van der Waals surface area contributed by atoms with Gasteiger partial charge in [-0.05, 0) is 41.9 Å². The molecular weight excluding hydrogens is 324 g/mol. The maximum absolute atomic E-state index is 5.58. The Morgan fingerprint density at radius 1 is 1.00 bits per heavy atom. The zero-order chi connectivity index (χ0) is 15.6. The summed E-state index contributed by atoms with van der Waals surface area (Å²) >= 11 is 0. The van der Waals surface area contributed by atoms with Crippen LogP contribution in [0.1, 0.15) is 5.82 Å². The SMILES string of the molecule is Cl.NCCc1nc2ccc(-c3ccc(-c4ncco4)cc3)cc2[nH]1. The number of fused-ring (bicyclic) bond motifs is 1. The number of aromatic amines is 1. The van der Waals surface area contributed by atoms with E-state index < -0.39 is 0 Å². The summed E-state index contributed by atoms with van der Waals surface area (Å²) in [6.45, 7) is 0.592. The summed E-state index contributed by atoms with van der Waals surface area (Å²) in [7, 11) is 0. The molecule has 2 aromatic carbocycles. The normalized spacial score (nSPS) is 10.7. The van der Waals surface area contributed by atoms with Crippen molar-refractivity contribution in [2.45, 2.75) is 6.42 Å². The molecule has 4 rings (SSSR count). The molecule has 0 amide bonds. The van der Waals surface area contributed by atoms with Crippen LogP contribution >= 0.6 is 12.4 Å². The van der Waals surface area contributed by atoms with Gasteiger partial charge in [0.2, 0.25) is 5.89 Å². The highest BCUT2D eigenvalue weighted by molar-refractivity contribution is 5.85. The van der Waals surface area contributed by atoms with Gasteiger partial charge in [0, 0.05) is 12.0 Å². The maximum atomic E-state index is 5.58. The number of H-pyrrole nitrogens is 1. The Kier molecular flexibility index (Phi) is 4.64. The van der Waals surface area contributed by atoms with E-state index in [0.717, 1.165) is 40.0 Å². The summed E-state index contributed by atoms with van der Waals surface area (Å²) in [6, 6.07) is 14.4. The topological polar surface area (TPSA) is 80.7 Å². The van der Waals surface area contributed by atoms with Gasteiger partial charge in [-0.2, -0.15) is 0 Å². The highest BCUT2D eigenvalue weighted by Gasteiger charge is 2.06. The molecule has 6 heteroatoms. The van der Waals surface area contributed by atoms with Gasteiger partial charge in [-0.1, -0.05) is 18.2 Å². The minimum absolute atomic E-state index is 0. The largest absolute Gasteiger partial charge is 0.445 e. The predicted molar refractivity (Wildman–Crippen MR) is 97.0 cm³/mol. The van der Waals surface area contributed by atoms with Gasteiger partial charge in [-0.3, -0.25) is 0 Å². The van der Waals surface area contributed by atoms with Gasteiger partial charge in [0.05, 0.1) is 17.2 Å². The number of halogens is 1. The molecule has 24 heavy (non-hydrogen) atoms. The van der Waals surface area contributed by atoms with Gasteiger partial charge in [0.1, 0.15) is 12.1 Å². The molecule has 2 aromatic heterocycles. The monoisotopic (exact) mass is 340 g/mol. The number of nitrogens with one attached hydrogen (secondary N) is 1. The van der Waals surface area contributed by atoms with E-state index >= 15 is 0 Å². The van der Waals surface area contributed by atoms with Crippen LogP contribution in [-0.4, -0.2) is 21.5 Å². The van der Waals surface area contributed by atoms with Crippen molar-refractivity contribution in [3.05, 3.63) is 60.7 Å². The summed E-state index contributed by atoms with van der Waals surface area (Å²) < 4.78 is 5.31. The first-order valence-electron chi connectivity index (χ1n) is 7.52. The Morgan fingerprint density at radius 3 is 2.46 bits per heavy atom. The van der Waals surface area contributed by atoms with Gasteiger partial charge in [-0.25, -0.2) is 9.97 Å². The molecule has 0 aliphatic rings. The molecule has 2 heterocycles. The molecule has 0 aliphatic carbocycles. The molecule has 0 saturated carbocycles. The first-order chi connectivity index (χ1) is 11.3. The first-order valence-corrected chi connectivity index (χ1v) is 7.52. The van der Waals surface area contributed by atoms with Crippen LogP contribution in [-0.2, 0) is 6.42 Å². The molecule has 0 aliphatic heterocycles. The average Bonchev–Trinajstić information content (AvgIpc) is 3.24. The first kappa shape index (κ1) is 16.2. The summed E-state index contributed by atoms with van der Waals surface area (Å²) in [5.74, 6) is 1.56. The number of aromatic nitrogens is 3. The third-order valence-electron chi connectivity index (χ3n) is 3.81. The Labute approximate surface area is 145 Å². The van der Waals surface area contributed by atoms with Crippen LogP contribution in [0.3, 0.4) is 0 Å². The molecule has 0 saturated heterocycles. The third-order valence-corrected chi connectivity index (χ3v) is 3.81. The number of benzene rings is 2. The number of imidazole rings is 1. The van der Waals surface area contributed by atoms with E-state index in [1.807, 2.05) is 18.2 Å². The van der Waals surface area contributed by atoms with E-state index in [1.165, 1.54) is 0 Å². The van der Waals surface area contributed by atoms with Crippen molar-refractivity contribution in [2.75, 3.05) is 6.54 Å². The molecular formula is C18H17ClN4O. The van der Waals surface area contributed by atoms with Gasteiger partial charge in [-0.15, -0.1) is 12.4 Å². The Hall–Kier alpha value is -2.63. The second-order valence-electron chi connectivity index (χ2n) is 5.37. The average molecular weight is 341 g/mol. The van der Waals surface area contributed by atoms with Crippen molar-refractivity contribution in [1.82, 2.24) is 15.0 Å². The van der Waals surface area contributed by atoms with Crippen LogP contribution in [0.4, 0.5) is 0 Å². The van der Waals surface area contributed by atoms with E-state index in [2.05, 4.69) is 39.2 Å². The molecule has 0 fully saturated rings. The molecule has 0 unspecified atom stereocenters. The smallest absolute Gasteiger partial charge is 0.225 e. The molecule has 0 bridgehead atoms. The highest BCUT2D eigenvalue weighted by Crippen LogP contribution is 2.26. The van der Waals surface area contributed by atoms with E-state index in [4.69, 9.17) is 10.2 Å². The fraction of sp³-hybridized carbons (Fsp3) is 0.111. The van der Waals surface area contributed by atoms with E-state index in [1.54, 1.807) is 12.5 Å². The number of hydrogen-bond acceptors (Lipinski definition) is 4. The fourth-order valence-corrected chi connectivity index (χ4v) is 2.67. The lowest BCUT2D eigenvalue weighted by molar-refractivity contribution is 0.574. The summed E-state index contributed by atoms with van der Waals surface area (Å²) in [5, 5.41) is 0. The van der Waals surface area contributed by atoms with Gasteiger partial charge in [0.25, 0.3) is 0 Å². The second kappa shape index (κ2) is 6.86. The van der Waals surface area contributed by atoms with Crippen molar-refractivity contribution in [3.8, 4) is 22.6 Å². The number of oxazole rings is 1. The van der Waals surface area contributed by atoms with Crippen molar-refractivity contribution >= 4 is 23.4 Å². The van der Waals surface area contributed by atoms with E-state index in [0.29, 0.717) is 12.4 Å². The molecule has 122 valence electrons. The van der Waals surface area contributed by atoms with Crippen molar-refractivity contribution < 1.29 is 4.42 Å². The minimum Gasteiger partial charge on any atom is -0.445 e. The van der Waals surface area contributed by atoms with Crippen molar-refractivity contribution in [1.29, 1.82) is 0 Å². The van der Waals surface area contributed by atoms with Crippen molar-refractivity contribution in [3.63, 3.8) is 0 Å². The van der Waals surface area contributed by atoms with Crippen LogP contribution in [0.25, 0.3) is 33.6 Å². The molecule has 0 radical (unpaired) electrons. The zero-order valence-electron chi connectivity index (χ0n) is 12.9. The lowest BCUT2D eigenvalue weighted by Crippen LogP contribution is -2.03. The summed E-state index contributed by atoms with van der Waals surface area (Å²) in [6.07, 6.45) is 3.98. The zero-order valence-corrected chi connectivity index (χ0v) is 13.7. The van der Waals surface area contributed by atoms with Gasteiger partial charge in [0.15, 0.2) is 0 Å². The molecule has 0 atom stereocenters. The van der Waals surface area contributed by atoms with Crippen LogP contribution in [0.2, 0.25) is 0 Å². The Balaban J connectivity index is 0.00000169. The predicted octanol–water partition coefficient (Wildman–Crippen LogP) is 3.81. The summed E-state index contributed by atoms with van der Waals surface area (Å²) in [4.78, 5) is 12.0.